The maximum absolute atomic E-state index is 12.4. The van der Waals surface area contributed by atoms with Crippen LogP contribution in [-0.4, -0.2) is 48.7 Å². The molecule has 1 aromatic rings. The van der Waals surface area contributed by atoms with Crippen LogP contribution in [0.5, 0.6) is 0 Å². The van der Waals surface area contributed by atoms with Crippen LogP contribution >= 0.6 is 0 Å². The van der Waals surface area contributed by atoms with E-state index in [9.17, 15) is 8.42 Å². The summed E-state index contributed by atoms with van der Waals surface area (Å²) in [5.74, 6) is 0. The van der Waals surface area contributed by atoms with E-state index in [0.717, 1.165) is 19.5 Å². The van der Waals surface area contributed by atoms with Gasteiger partial charge in [-0.05, 0) is 26.0 Å². The van der Waals surface area contributed by atoms with Crippen LogP contribution in [0.1, 0.15) is 13.3 Å². The molecule has 0 saturated carbocycles. The number of hydrogen-bond acceptors (Lipinski definition) is 4. The van der Waals surface area contributed by atoms with Crippen molar-refractivity contribution in [1.29, 1.82) is 0 Å². The minimum atomic E-state index is -3.43. The van der Waals surface area contributed by atoms with Gasteiger partial charge in [-0.3, -0.25) is 4.68 Å². The van der Waals surface area contributed by atoms with Crippen molar-refractivity contribution >= 4 is 10.0 Å². The zero-order chi connectivity index (χ0) is 12.5. The number of nitrogens with one attached hydrogen (secondary N) is 1. The van der Waals surface area contributed by atoms with Gasteiger partial charge in [-0.2, -0.15) is 9.40 Å². The fraction of sp³-hybridized carbons (Fsp3) is 0.700. The fourth-order valence-electron chi connectivity index (χ4n) is 2.07. The molecule has 1 unspecified atom stereocenters. The van der Waals surface area contributed by atoms with Crippen LogP contribution in [-0.2, 0) is 16.6 Å². The first-order valence-corrected chi connectivity index (χ1v) is 7.22. The molecule has 1 atom stereocenters. The van der Waals surface area contributed by atoms with Gasteiger partial charge < -0.3 is 5.32 Å². The van der Waals surface area contributed by atoms with E-state index >= 15 is 0 Å². The summed E-state index contributed by atoms with van der Waals surface area (Å²) in [6.07, 6.45) is 2.38. The highest BCUT2D eigenvalue weighted by Gasteiger charge is 2.31. The van der Waals surface area contributed by atoms with E-state index in [2.05, 4.69) is 10.4 Å². The first-order chi connectivity index (χ1) is 8.07. The Bertz CT molecular complexity index is 476. The van der Waals surface area contributed by atoms with Gasteiger partial charge in [-0.25, -0.2) is 8.42 Å². The van der Waals surface area contributed by atoms with Crippen molar-refractivity contribution in [2.75, 3.05) is 20.1 Å². The van der Waals surface area contributed by atoms with Crippen LogP contribution in [0.3, 0.4) is 0 Å². The molecule has 0 radical (unpaired) electrons. The zero-order valence-electron chi connectivity index (χ0n) is 10.1. The van der Waals surface area contributed by atoms with Crippen molar-refractivity contribution in [3.8, 4) is 0 Å². The third-order valence-electron chi connectivity index (χ3n) is 3.17. The van der Waals surface area contributed by atoms with Gasteiger partial charge in [0.25, 0.3) is 10.0 Å². The van der Waals surface area contributed by atoms with Gasteiger partial charge >= 0.3 is 0 Å². The van der Waals surface area contributed by atoms with Crippen LogP contribution in [0.2, 0.25) is 0 Å². The quantitative estimate of drug-likeness (QED) is 0.818. The molecule has 0 amide bonds. The second-order valence-corrected chi connectivity index (χ2v) is 6.10. The van der Waals surface area contributed by atoms with Gasteiger partial charge in [0.05, 0.1) is 6.20 Å². The number of hydrogen-bond donors (Lipinski definition) is 1. The Morgan fingerprint density at radius 2 is 2.41 bits per heavy atom. The first-order valence-electron chi connectivity index (χ1n) is 5.78. The molecule has 2 rings (SSSR count). The normalized spacial score (nSPS) is 21.2. The van der Waals surface area contributed by atoms with Crippen molar-refractivity contribution < 1.29 is 8.42 Å². The predicted octanol–water partition coefficient (Wildman–Crippen LogP) is -0.115. The summed E-state index contributed by atoms with van der Waals surface area (Å²) in [6, 6.07) is 1.60. The minimum absolute atomic E-state index is 0.0419. The lowest BCUT2D eigenvalue weighted by atomic mass is 10.3. The molecule has 0 spiro atoms. The second kappa shape index (κ2) is 4.75. The van der Waals surface area contributed by atoms with Crippen molar-refractivity contribution in [1.82, 2.24) is 19.4 Å². The van der Waals surface area contributed by atoms with Gasteiger partial charge in [-0.15, -0.1) is 0 Å². The van der Waals surface area contributed by atoms with Crippen molar-refractivity contribution in [3.63, 3.8) is 0 Å². The number of rotatable bonds is 4. The van der Waals surface area contributed by atoms with Gasteiger partial charge in [-0.1, -0.05) is 0 Å². The third kappa shape index (κ3) is 2.22. The topological polar surface area (TPSA) is 67.2 Å². The molecule has 1 aromatic heterocycles. The Morgan fingerprint density at radius 3 is 3.00 bits per heavy atom. The highest BCUT2D eigenvalue weighted by molar-refractivity contribution is 7.89. The van der Waals surface area contributed by atoms with Gasteiger partial charge in [0.1, 0.15) is 0 Å². The molecule has 2 heterocycles. The summed E-state index contributed by atoms with van der Waals surface area (Å²) >= 11 is 0. The number of aromatic nitrogens is 2. The molecule has 96 valence electrons. The molecular formula is C10H18N4O2S. The fourth-order valence-corrected chi connectivity index (χ4v) is 3.61. The Morgan fingerprint density at radius 1 is 1.65 bits per heavy atom. The lowest BCUT2D eigenvalue weighted by Gasteiger charge is -2.23. The van der Waals surface area contributed by atoms with Crippen molar-refractivity contribution in [2.45, 2.75) is 31.0 Å². The van der Waals surface area contributed by atoms with E-state index in [-0.39, 0.29) is 11.1 Å². The molecule has 7 heteroatoms. The van der Waals surface area contributed by atoms with E-state index in [4.69, 9.17) is 0 Å². The maximum atomic E-state index is 12.4. The Hall–Kier alpha value is -0.920. The summed E-state index contributed by atoms with van der Waals surface area (Å²) < 4.78 is 27.8. The molecule has 1 aliphatic rings. The highest BCUT2D eigenvalue weighted by Crippen LogP contribution is 2.18. The number of sulfonamides is 1. The van der Waals surface area contributed by atoms with Crippen LogP contribution in [0.4, 0.5) is 0 Å². The number of aryl methyl sites for hydroxylation is 1. The van der Waals surface area contributed by atoms with Crippen LogP contribution in [0.25, 0.3) is 0 Å². The smallest absolute Gasteiger partial charge is 0.260 e. The van der Waals surface area contributed by atoms with Crippen LogP contribution in [0.15, 0.2) is 17.3 Å². The molecular weight excluding hydrogens is 240 g/mol. The Kier molecular flexibility index (Phi) is 3.50. The van der Waals surface area contributed by atoms with Crippen molar-refractivity contribution in [3.05, 3.63) is 12.3 Å². The average Bonchev–Trinajstić information content (AvgIpc) is 2.98. The van der Waals surface area contributed by atoms with E-state index < -0.39 is 10.0 Å². The molecule has 0 aliphatic carbocycles. The van der Waals surface area contributed by atoms with E-state index in [0.29, 0.717) is 6.54 Å². The van der Waals surface area contributed by atoms with E-state index in [1.807, 2.05) is 6.92 Å². The Balaban J connectivity index is 2.29. The van der Waals surface area contributed by atoms with E-state index in [1.54, 1.807) is 13.1 Å². The SMILES string of the molecule is CCn1nccc1S(=O)(=O)N(C)C1CCNC1. The average molecular weight is 258 g/mol. The summed E-state index contributed by atoms with van der Waals surface area (Å²) in [7, 11) is -1.79. The maximum Gasteiger partial charge on any atom is 0.260 e. The lowest BCUT2D eigenvalue weighted by Crippen LogP contribution is -2.39. The number of likely N-dealkylation sites (N-methyl/N-ethyl adjacent to an activating group) is 1. The molecule has 0 aromatic carbocycles. The Labute approximate surface area is 102 Å². The number of nitrogens with zero attached hydrogens (tertiary/aromatic N) is 3. The summed E-state index contributed by atoms with van der Waals surface area (Å²) in [4.78, 5) is 0. The van der Waals surface area contributed by atoms with Gasteiger partial charge in [0.2, 0.25) is 0 Å². The molecule has 0 bridgehead atoms. The standard InChI is InChI=1S/C10H18N4O2S/c1-3-14-10(5-7-12-14)17(15,16)13(2)9-4-6-11-8-9/h5,7,9,11H,3-4,6,8H2,1-2H3. The second-order valence-electron chi connectivity index (χ2n) is 4.15. The summed E-state index contributed by atoms with van der Waals surface area (Å²) in [6.45, 7) is 4.02. The molecule has 1 fully saturated rings. The molecule has 1 saturated heterocycles. The minimum Gasteiger partial charge on any atom is -0.315 e. The molecule has 1 aliphatic heterocycles. The summed E-state index contributed by atoms with van der Waals surface area (Å²) in [5.41, 5.74) is 0. The van der Waals surface area contributed by atoms with Crippen molar-refractivity contribution in [2.24, 2.45) is 0 Å². The summed E-state index contributed by atoms with van der Waals surface area (Å²) in [5, 5.41) is 7.45. The van der Waals surface area contributed by atoms with Crippen LogP contribution in [0, 0.1) is 0 Å². The van der Waals surface area contributed by atoms with Gasteiger partial charge in [0, 0.05) is 26.2 Å². The lowest BCUT2D eigenvalue weighted by molar-refractivity contribution is 0.382. The predicted molar refractivity (Wildman–Crippen MR) is 64.1 cm³/mol. The third-order valence-corrected chi connectivity index (χ3v) is 5.10. The monoisotopic (exact) mass is 258 g/mol. The zero-order valence-corrected chi connectivity index (χ0v) is 10.9. The van der Waals surface area contributed by atoms with Gasteiger partial charge in [0.15, 0.2) is 5.03 Å². The molecule has 17 heavy (non-hydrogen) atoms. The first kappa shape index (κ1) is 12.5. The van der Waals surface area contributed by atoms with E-state index in [1.165, 1.54) is 15.2 Å². The van der Waals surface area contributed by atoms with Crippen LogP contribution < -0.4 is 5.32 Å². The largest absolute Gasteiger partial charge is 0.315 e. The molecule has 6 nitrogen and oxygen atoms in total. The highest BCUT2D eigenvalue weighted by atomic mass is 32.2. The molecule has 1 N–H and O–H groups in total.